The molecule has 17 heavy (non-hydrogen) atoms. The number of ether oxygens (including phenoxy) is 1. The predicted octanol–water partition coefficient (Wildman–Crippen LogP) is 0.746. The topological polar surface area (TPSA) is 54.6 Å². The summed E-state index contributed by atoms with van der Waals surface area (Å²) >= 11 is 1.65. The average Bonchev–Trinajstić information content (AvgIpc) is 2.69. The van der Waals surface area contributed by atoms with Gasteiger partial charge in [-0.1, -0.05) is 0 Å². The Kier molecular flexibility index (Phi) is 5.84. The molecular formula is C11H22N4OS. The van der Waals surface area contributed by atoms with Crippen LogP contribution in [0, 0.1) is 0 Å². The van der Waals surface area contributed by atoms with E-state index in [1.54, 1.807) is 18.4 Å². The van der Waals surface area contributed by atoms with Gasteiger partial charge < -0.3 is 20.3 Å². The van der Waals surface area contributed by atoms with Gasteiger partial charge in [-0.15, -0.1) is 11.3 Å². The summed E-state index contributed by atoms with van der Waals surface area (Å²) in [5.74, 6) is 0. The van der Waals surface area contributed by atoms with Crippen molar-refractivity contribution >= 4 is 16.5 Å². The van der Waals surface area contributed by atoms with E-state index in [4.69, 9.17) is 10.5 Å². The molecule has 6 heteroatoms. The highest BCUT2D eigenvalue weighted by Crippen LogP contribution is 2.25. The van der Waals surface area contributed by atoms with Crippen LogP contribution in [0.2, 0.25) is 0 Å². The van der Waals surface area contributed by atoms with Crippen molar-refractivity contribution in [1.82, 2.24) is 9.88 Å². The Labute approximate surface area is 107 Å². The minimum atomic E-state index is 0.526. The second-order valence-corrected chi connectivity index (χ2v) is 5.29. The first-order chi connectivity index (χ1) is 8.08. The summed E-state index contributed by atoms with van der Waals surface area (Å²) in [6, 6.07) is 0. The number of nitrogens with zero attached hydrogens (tertiary/aromatic N) is 3. The molecule has 98 valence electrons. The Morgan fingerprint density at radius 3 is 2.53 bits per heavy atom. The van der Waals surface area contributed by atoms with Crippen molar-refractivity contribution in [3.05, 3.63) is 10.6 Å². The summed E-state index contributed by atoms with van der Waals surface area (Å²) in [6.45, 7) is 3.02. The third-order valence-electron chi connectivity index (χ3n) is 2.44. The van der Waals surface area contributed by atoms with Crippen LogP contribution in [0.25, 0.3) is 0 Å². The van der Waals surface area contributed by atoms with Gasteiger partial charge >= 0.3 is 0 Å². The maximum Gasteiger partial charge on any atom is 0.185 e. The van der Waals surface area contributed by atoms with Crippen molar-refractivity contribution in [2.45, 2.75) is 13.2 Å². The average molecular weight is 258 g/mol. The minimum Gasteiger partial charge on any atom is -0.378 e. The lowest BCUT2D eigenvalue weighted by Gasteiger charge is -2.18. The standard InChI is InChI=1S/C11H22N4OS/c1-14(2)5-6-15(3)11-13-9(8-16-4)10(7-12)17-11/h5-8,12H2,1-4H3. The number of thiazole rings is 1. The molecule has 0 aliphatic carbocycles. The van der Waals surface area contributed by atoms with E-state index in [1.165, 1.54) is 0 Å². The first-order valence-electron chi connectivity index (χ1n) is 5.62. The molecule has 0 radical (unpaired) electrons. The number of likely N-dealkylation sites (N-methyl/N-ethyl adjacent to an activating group) is 2. The fourth-order valence-corrected chi connectivity index (χ4v) is 2.32. The van der Waals surface area contributed by atoms with Crippen LogP contribution in [-0.4, -0.2) is 51.2 Å². The van der Waals surface area contributed by atoms with E-state index in [2.05, 4.69) is 35.9 Å². The van der Waals surface area contributed by atoms with Gasteiger partial charge in [-0.05, 0) is 14.1 Å². The molecule has 0 spiro atoms. The van der Waals surface area contributed by atoms with Crippen LogP contribution in [0.15, 0.2) is 0 Å². The molecule has 1 rings (SSSR count). The van der Waals surface area contributed by atoms with Crippen molar-refractivity contribution in [3.8, 4) is 0 Å². The molecular weight excluding hydrogens is 236 g/mol. The van der Waals surface area contributed by atoms with Crippen molar-refractivity contribution in [1.29, 1.82) is 0 Å². The van der Waals surface area contributed by atoms with E-state index < -0.39 is 0 Å². The molecule has 1 aromatic rings. The van der Waals surface area contributed by atoms with Crippen LogP contribution < -0.4 is 10.6 Å². The smallest absolute Gasteiger partial charge is 0.185 e. The van der Waals surface area contributed by atoms with E-state index in [-0.39, 0.29) is 0 Å². The van der Waals surface area contributed by atoms with Gasteiger partial charge in [0.1, 0.15) is 0 Å². The highest BCUT2D eigenvalue weighted by Gasteiger charge is 2.12. The zero-order valence-electron chi connectivity index (χ0n) is 11.1. The number of aromatic nitrogens is 1. The van der Waals surface area contributed by atoms with Gasteiger partial charge in [0.2, 0.25) is 0 Å². The Balaban J connectivity index is 2.69. The third-order valence-corrected chi connectivity index (χ3v) is 3.68. The lowest BCUT2D eigenvalue weighted by atomic mass is 10.4. The normalized spacial score (nSPS) is 11.2. The fraction of sp³-hybridized carbons (Fsp3) is 0.727. The second-order valence-electron chi connectivity index (χ2n) is 4.23. The first kappa shape index (κ1) is 14.4. The number of rotatable bonds is 7. The summed E-state index contributed by atoms with van der Waals surface area (Å²) in [6.07, 6.45) is 0. The van der Waals surface area contributed by atoms with Crippen LogP contribution >= 0.6 is 11.3 Å². The van der Waals surface area contributed by atoms with Crippen molar-refractivity contribution in [2.75, 3.05) is 46.2 Å². The summed E-state index contributed by atoms with van der Waals surface area (Å²) in [5, 5.41) is 1.01. The molecule has 0 aromatic carbocycles. The summed E-state index contributed by atoms with van der Waals surface area (Å²) in [7, 11) is 7.86. The van der Waals surface area contributed by atoms with Gasteiger partial charge in [-0.3, -0.25) is 0 Å². The first-order valence-corrected chi connectivity index (χ1v) is 6.43. The van der Waals surface area contributed by atoms with E-state index in [0.717, 1.165) is 28.8 Å². The Hall–Kier alpha value is -0.690. The molecule has 0 aliphatic rings. The molecule has 0 fully saturated rings. The van der Waals surface area contributed by atoms with Crippen LogP contribution in [0.1, 0.15) is 10.6 Å². The fourth-order valence-electron chi connectivity index (χ4n) is 1.39. The van der Waals surface area contributed by atoms with Crippen LogP contribution in [0.5, 0.6) is 0 Å². The number of nitrogens with two attached hydrogens (primary N) is 1. The molecule has 5 nitrogen and oxygen atoms in total. The maximum absolute atomic E-state index is 5.70. The van der Waals surface area contributed by atoms with E-state index in [0.29, 0.717) is 13.2 Å². The highest BCUT2D eigenvalue weighted by atomic mass is 32.1. The summed E-state index contributed by atoms with van der Waals surface area (Å²) < 4.78 is 5.12. The Morgan fingerprint density at radius 2 is 2.00 bits per heavy atom. The quantitative estimate of drug-likeness (QED) is 0.782. The second kappa shape index (κ2) is 6.90. The maximum atomic E-state index is 5.70. The molecule has 1 aromatic heterocycles. The van der Waals surface area contributed by atoms with E-state index in [1.807, 2.05) is 0 Å². The molecule has 0 amide bonds. The zero-order chi connectivity index (χ0) is 12.8. The third kappa shape index (κ3) is 4.23. The number of anilines is 1. The number of methoxy groups -OCH3 is 1. The Morgan fingerprint density at radius 1 is 1.29 bits per heavy atom. The molecule has 0 atom stereocenters. The number of hydrogen-bond donors (Lipinski definition) is 1. The van der Waals surface area contributed by atoms with E-state index >= 15 is 0 Å². The van der Waals surface area contributed by atoms with Crippen molar-refractivity contribution in [3.63, 3.8) is 0 Å². The van der Waals surface area contributed by atoms with Crippen LogP contribution in [-0.2, 0) is 17.9 Å². The highest BCUT2D eigenvalue weighted by molar-refractivity contribution is 7.15. The van der Waals surface area contributed by atoms with Gasteiger partial charge in [0.05, 0.1) is 12.3 Å². The Bertz CT molecular complexity index is 340. The molecule has 0 saturated heterocycles. The largest absolute Gasteiger partial charge is 0.378 e. The van der Waals surface area contributed by atoms with E-state index in [9.17, 15) is 0 Å². The van der Waals surface area contributed by atoms with Gasteiger partial charge in [-0.25, -0.2) is 4.98 Å². The molecule has 0 saturated carbocycles. The van der Waals surface area contributed by atoms with Crippen LogP contribution in [0.3, 0.4) is 0 Å². The zero-order valence-corrected chi connectivity index (χ0v) is 11.9. The minimum absolute atomic E-state index is 0.526. The summed E-state index contributed by atoms with van der Waals surface area (Å²) in [4.78, 5) is 9.99. The van der Waals surface area contributed by atoms with Crippen molar-refractivity contribution < 1.29 is 4.74 Å². The summed E-state index contributed by atoms with van der Waals surface area (Å²) in [5.41, 5.74) is 6.67. The van der Waals surface area contributed by atoms with Gasteiger partial charge in [0.15, 0.2) is 5.13 Å². The lowest BCUT2D eigenvalue weighted by Crippen LogP contribution is -2.28. The van der Waals surface area contributed by atoms with Gasteiger partial charge in [-0.2, -0.15) is 0 Å². The molecule has 0 bridgehead atoms. The molecule has 0 unspecified atom stereocenters. The van der Waals surface area contributed by atoms with Gasteiger partial charge in [0.25, 0.3) is 0 Å². The molecule has 1 heterocycles. The molecule has 0 aliphatic heterocycles. The monoisotopic (exact) mass is 258 g/mol. The van der Waals surface area contributed by atoms with Crippen LogP contribution in [0.4, 0.5) is 5.13 Å². The van der Waals surface area contributed by atoms with Gasteiger partial charge in [0, 0.05) is 38.7 Å². The van der Waals surface area contributed by atoms with Crippen molar-refractivity contribution in [2.24, 2.45) is 5.73 Å². The SMILES string of the molecule is COCc1nc(N(C)CCN(C)C)sc1CN. The predicted molar refractivity (Wildman–Crippen MR) is 72.5 cm³/mol. The molecule has 2 N–H and O–H groups in total. The number of hydrogen-bond acceptors (Lipinski definition) is 6. The lowest BCUT2D eigenvalue weighted by molar-refractivity contribution is 0.181.